The molecule has 5 N–H and O–H groups in total. The van der Waals surface area contributed by atoms with Crippen molar-refractivity contribution in [3.63, 3.8) is 0 Å². The Balaban J connectivity index is 1.32. The molecular weight excluding hydrogens is 476 g/mol. The van der Waals surface area contributed by atoms with Gasteiger partial charge in [-0.25, -0.2) is 0 Å². The molecule has 2 heterocycles. The third kappa shape index (κ3) is 5.15. The smallest absolute Gasteiger partial charge is 0.243 e. The fourth-order valence-electron chi connectivity index (χ4n) is 5.58. The Hall–Kier alpha value is -4.10. The van der Waals surface area contributed by atoms with Crippen molar-refractivity contribution < 1.29 is 14.7 Å². The van der Waals surface area contributed by atoms with Crippen molar-refractivity contribution in [3.8, 4) is 5.75 Å². The van der Waals surface area contributed by atoms with Gasteiger partial charge in [0.15, 0.2) is 0 Å². The van der Waals surface area contributed by atoms with E-state index in [0.717, 1.165) is 44.3 Å². The summed E-state index contributed by atoms with van der Waals surface area (Å²) in [7, 11) is 0. The van der Waals surface area contributed by atoms with Crippen LogP contribution in [0.15, 0.2) is 66.9 Å². The summed E-state index contributed by atoms with van der Waals surface area (Å²) in [5.41, 5.74) is 13.5. The molecule has 4 aromatic rings. The Labute approximate surface area is 222 Å². The lowest BCUT2D eigenvalue weighted by Crippen LogP contribution is -2.57. The molecule has 2 unspecified atom stereocenters. The Bertz CT molecular complexity index is 1470. The second kappa shape index (κ2) is 10.7. The number of carbonyl (C=O) groups excluding carboxylic acids is 2. The average molecular weight is 511 g/mol. The summed E-state index contributed by atoms with van der Waals surface area (Å²) < 4.78 is 0. The van der Waals surface area contributed by atoms with Gasteiger partial charge >= 0.3 is 0 Å². The first-order valence-electron chi connectivity index (χ1n) is 13.1. The number of fused-ring (bicyclic) bond motifs is 2. The molecule has 0 spiro atoms. The molecule has 0 aliphatic carbocycles. The number of benzene rings is 3. The molecule has 38 heavy (non-hydrogen) atoms. The molecular formula is C31H34N4O3. The molecule has 0 radical (unpaired) electrons. The van der Waals surface area contributed by atoms with E-state index in [1.54, 1.807) is 17.0 Å². The molecule has 5 rings (SSSR count). The van der Waals surface area contributed by atoms with Crippen LogP contribution in [0, 0.1) is 13.8 Å². The van der Waals surface area contributed by atoms with Crippen LogP contribution in [0.25, 0.3) is 10.9 Å². The molecule has 0 fully saturated rings. The van der Waals surface area contributed by atoms with Crippen LogP contribution < -0.4 is 11.1 Å². The third-order valence-electron chi connectivity index (χ3n) is 7.62. The van der Waals surface area contributed by atoms with E-state index in [-0.39, 0.29) is 17.6 Å². The zero-order valence-electron chi connectivity index (χ0n) is 21.8. The van der Waals surface area contributed by atoms with E-state index < -0.39 is 12.1 Å². The number of nitrogens with one attached hydrogen (secondary N) is 2. The number of amides is 2. The number of aromatic nitrogens is 1. The van der Waals surface area contributed by atoms with E-state index in [9.17, 15) is 14.7 Å². The summed E-state index contributed by atoms with van der Waals surface area (Å²) in [5, 5.41) is 14.1. The second-order valence-electron chi connectivity index (χ2n) is 10.2. The van der Waals surface area contributed by atoms with Gasteiger partial charge in [0.05, 0.1) is 6.04 Å². The number of H-pyrrole nitrogens is 1. The number of carbonyl (C=O) groups is 2. The van der Waals surface area contributed by atoms with Crippen LogP contribution in [0.4, 0.5) is 0 Å². The van der Waals surface area contributed by atoms with Crippen molar-refractivity contribution in [2.75, 3.05) is 6.54 Å². The molecule has 0 saturated carbocycles. The number of phenols is 1. The van der Waals surface area contributed by atoms with Gasteiger partial charge in [0.2, 0.25) is 11.8 Å². The van der Waals surface area contributed by atoms with Gasteiger partial charge in [0, 0.05) is 36.6 Å². The number of phenolic OH excluding ortho intramolecular Hbond substituents is 1. The first-order valence-corrected chi connectivity index (χ1v) is 13.1. The van der Waals surface area contributed by atoms with Gasteiger partial charge in [-0.2, -0.15) is 0 Å². The predicted molar refractivity (Wildman–Crippen MR) is 149 cm³/mol. The van der Waals surface area contributed by atoms with Crippen LogP contribution in [0.3, 0.4) is 0 Å². The lowest BCUT2D eigenvalue weighted by atomic mass is 9.91. The molecule has 1 aliphatic rings. The maximum absolute atomic E-state index is 13.7. The quantitative estimate of drug-likeness (QED) is 0.304. The van der Waals surface area contributed by atoms with Gasteiger partial charge in [-0.15, -0.1) is 0 Å². The molecule has 3 aromatic carbocycles. The van der Waals surface area contributed by atoms with E-state index in [2.05, 4.69) is 16.4 Å². The Kier molecular flexibility index (Phi) is 7.20. The highest BCUT2D eigenvalue weighted by atomic mass is 16.3. The summed E-state index contributed by atoms with van der Waals surface area (Å²) in [4.78, 5) is 32.1. The number of aryl methyl sites for hydroxylation is 2. The number of rotatable bonds is 7. The van der Waals surface area contributed by atoms with E-state index >= 15 is 0 Å². The highest BCUT2D eigenvalue weighted by Gasteiger charge is 2.36. The summed E-state index contributed by atoms with van der Waals surface area (Å²) in [6, 6.07) is 18.0. The zero-order chi connectivity index (χ0) is 26.8. The van der Waals surface area contributed by atoms with Crippen LogP contribution in [-0.2, 0) is 35.4 Å². The van der Waals surface area contributed by atoms with Gasteiger partial charge in [-0.05, 0) is 78.3 Å². The molecule has 2 atom stereocenters. The lowest BCUT2D eigenvalue weighted by molar-refractivity contribution is -0.142. The van der Waals surface area contributed by atoms with Crippen molar-refractivity contribution in [2.45, 2.75) is 51.7 Å². The number of aromatic hydroxyl groups is 1. The van der Waals surface area contributed by atoms with Gasteiger partial charge < -0.3 is 26.0 Å². The van der Waals surface area contributed by atoms with Crippen molar-refractivity contribution in [1.82, 2.24) is 15.2 Å². The minimum atomic E-state index is -0.802. The van der Waals surface area contributed by atoms with Crippen molar-refractivity contribution in [2.24, 2.45) is 5.73 Å². The van der Waals surface area contributed by atoms with Crippen LogP contribution in [0.5, 0.6) is 5.75 Å². The van der Waals surface area contributed by atoms with Crippen molar-refractivity contribution >= 4 is 22.7 Å². The SMILES string of the molecule is Cc1cc(O)cc(C)c1CC(N)C(=O)N1Cc2ccccc2CC1C(=O)NCCc1c[nH]c2ccccc12. The fourth-order valence-corrected chi connectivity index (χ4v) is 5.58. The van der Waals surface area contributed by atoms with Gasteiger partial charge in [0.25, 0.3) is 0 Å². The maximum atomic E-state index is 13.7. The summed E-state index contributed by atoms with van der Waals surface area (Å²) in [6.07, 6.45) is 3.45. The summed E-state index contributed by atoms with van der Waals surface area (Å²) in [5.74, 6) is -0.222. The third-order valence-corrected chi connectivity index (χ3v) is 7.62. The highest BCUT2D eigenvalue weighted by Crippen LogP contribution is 2.26. The Morgan fingerprint density at radius 3 is 2.53 bits per heavy atom. The molecule has 1 aliphatic heterocycles. The van der Waals surface area contributed by atoms with Gasteiger partial charge in [-0.3, -0.25) is 9.59 Å². The number of hydrogen-bond donors (Lipinski definition) is 4. The van der Waals surface area contributed by atoms with E-state index in [0.29, 0.717) is 32.4 Å². The number of hydrogen-bond acceptors (Lipinski definition) is 4. The van der Waals surface area contributed by atoms with Gasteiger partial charge in [-0.1, -0.05) is 42.5 Å². The minimum absolute atomic E-state index is 0.170. The van der Waals surface area contributed by atoms with E-state index in [1.165, 1.54) is 0 Å². The molecule has 7 heteroatoms. The number of para-hydroxylation sites is 1. The zero-order valence-corrected chi connectivity index (χ0v) is 21.8. The largest absolute Gasteiger partial charge is 0.508 e. The average Bonchev–Trinajstić information content (AvgIpc) is 3.32. The van der Waals surface area contributed by atoms with Crippen LogP contribution >= 0.6 is 0 Å². The predicted octanol–water partition coefficient (Wildman–Crippen LogP) is 3.67. The highest BCUT2D eigenvalue weighted by molar-refractivity contribution is 5.91. The summed E-state index contributed by atoms with van der Waals surface area (Å²) in [6.45, 7) is 4.62. The standard InChI is InChI=1S/C31H34N4O3/c1-19-13-24(36)14-20(2)26(19)16-27(32)31(38)35-18-23-8-4-3-7-21(23)15-29(35)30(37)33-12-11-22-17-34-28-10-6-5-9-25(22)28/h3-10,13-14,17,27,29,34,36H,11-12,15-16,18,32H2,1-2H3,(H,33,37). The maximum Gasteiger partial charge on any atom is 0.243 e. The van der Waals surface area contributed by atoms with Crippen molar-refractivity contribution in [3.05, 3.63) is 100 Å². The lowest BCUT2D eigenvalue weighted by Gasteiger charge is -2.37. The Morgan fingerprint density at radius 1 is 1.08 bits per heavy atom. The number of nitrogens with zero attached hydrogens (tertiary/aromatic N) is 1. The Morgan fingerprint density at radius 2 is 1.76 bits per heavy atom. The first-order chi connectivity index (χ1) is 18.3. The van der Waals surface area contributed by atoms with Crippen LogP contribution in [0.1, 0.15) is 33.4 Å². The summed E-state index contributed by atoms with van der Waals surface area (Å²) >= 11 is 0. The van der Waals surface area contributed by atoms with E-state index in [4.69, 9.17) is 5.73 Å². The van der Waals surface area contributed by atoms with Crippen molar-refractivity contribution in [1.29, 1.82) is 0 Å². The van der Waals surface area contributed by atoms with Crippen LogP contribution in [-0.4, -0.2) is 45.4 Å². The van der Waals surface area contributed by atoms with Gasteiger partial charge in [0.1, 0.15) is 11.8 Å². The fraction of sp³-hybridized carbons (Fsp3) is 0.290. The molecule has 196 valence electrons. The number of aromatic amines is 1. The molecule has 0 bridgehead atoms. The van der Waals surface area contributed by atoms with E-state index in [1.807, 2.05) is 62.5 Å². The van der Waals surface area contributed by atoms with Crippen LogP contribution in [0.2, 0.25) is 0 Å². The second-order valence-corrected chi connectivity index (χ2v) is 10.2. The normalized spacial score (nSPS) is 15.8. The molecule has 7 nitrogen and oxygen atoms in total. The molecule has 1 aromatic heterocycles. The minimum Gasteiger partial charge on any atom is -0.508 e. The first kappa shape index (κ1) is 25.5. The molecule has 0 saturated heterocycles. The number of nitrogens with two attached hydrogens (primary N) is 1. The topological polar surface area (TPSA) is 111 Å². The molecule has 2 amide bonds. The monoisotopic (exact) mass is 510 g/mol.